The summed E-state index contributed by atoms with van der Waals surface area (Å²) in [6.07, 6.45) is 0. The Balaban J connectivity index is 2.09. The van der Waals surface area contributed by atoms with Crippen molar-refractivity contribution in [1.29, 1.82) is 0 Å². The third kappa shape index (κ3) is 3.40. The van der Waals surface area contributed by atoms with E-state index in [-0.39, 0.29) is 6.04 Å². The van der Waals surface area contributed by atoms with Gasteiger partial charge in [0.2, 0.25) is 0 Å². The second-order valence-corrected chi connectivity index (χ2v) is 5.52. The third-order valence-electron chi connectivity index (χ3n) is 3.63. The molecule has 0 bridgehead atoms. The highest BCUT2D eigenvalue weighted by atomic mass is 16.5. The Bertz CT molecular complexity index is 562. The predicted octanol–water partition coefficient (Wildman–Crippen LogP) is 4.21. The van der Waals surface area contributed by atoms with Gasteiger partial charge in [0.1, 0.15) is 12.4 Å². The molecule has 0 aliphatic carbocycles. The maximum Gasteiger partial charge on any atom is 0.119 e. The van der Waals surface area contributed by atoms with Gasteiger partial charge in [0, 0.05) is 6.04 Å². The molecule has 2 rings (SSSR count). The normalized spacial score (nSPS) is 12.2. The first kappa shape index (κ1) is 14.6. The molecule has 106 valence electrons. The Morgan fingerprint density at radius 3 is 2.05 bits per heavy atom. The van der Waals surface area contributed by atoms with Crippen LogP contribution in [0.2, 0.25) is 0 Å². The van der Waals surface area contributed by atoms with Crippen LogP contribution in [0.1, 0.15) is 40.8 Å². The second-order valence-electron chi connectivity index (χ2n) is 5.52. The van der Waals surface area contributed by atoms with Gasteiger partial charge in [-0.05, 0) is 62.1 Å². The van der Waals surface area contributed by atoms with E-state index in [1.54, 1.807) is 0 Å². The molecular formula is C18H23NO. The summed E-state index contributed by atoms with van der Waals surface area (Å²) in [5.74, 6) is 0.883. The molecule has 0 heterocycles. The highest BCUT2D eigenvalue weighted by Gasteiger charge is 2.05. The molecule has 0 saturated heterocycles. The van der Waals surface area contributed by atoms with E-state index in [1.807, 2.05) is 31.2 Å². The van der Waals surface area contributed by atoms with Crippen molar-refractivity contribution in [1.82, 2.24) is 0 Å². The summed E-state index contributed by atoms with van der Waals surface area (Å²) in [6.45, 7) is 8.98. The molecule has 2 aromatic carbocycles. The van der Waals surface area contributed by atoms with Gasteiger partial charge in [-0.25, -0.2) is 0 Å². The van der Waals surface area contributed by atoms with Crippen molar-refractivity contribution in [3.63, 3.8) is 0 Å². The van der Waals surface area contributed by atoms with Crippen molar-refractivity contribution in [2.45, 2.75) is 40.3 Å². The summed E-state index contributed by atoms with van der Waals surface area (Å²) in [5.41, 5.74) is 12.1. The molecule has 0 aromatic heterocycles. The summed E-state index contributed by atoms with van der Waals surface area (Å²) >= 11 is 0. The highest BCUT2D eigenvalue weighted by Crippen LogP contribution is 2.21. The van der Waals surface area contributed by atoms with Crippen molar-refractivity contribution in [3.8, 4) is 5.75 Å². The summed E-state index contributed by atoms with van der Waals surface area (Å²) in [6, 6.07) is 12.5. The van der Waals surface area contributed by atoms with Gasteiger partial charge in [-0.2, -0.15) is 0 Å². The van der Waals surface area contributed by atoms with Crippen molar-refractivity contribution in [3.05, 3.63) is 64.2 Å². The third-order valence-corrected chi connectivity index (χ3v) is 3.63. The zero-order valence-corrected chi connectivity index (χ0v) is 12.7. The molecule has 1 atom stereocenters. The minimum atomic E-state index is 0.0608. The van der Waals surface area contributed by atoms with Crippen molar-refractivity contribution in [2.75, 3.05) is 0 Å². The zero-order valence-electron chi connectivity index (χ0n) is 12.7. The molecule has 0 aliphatic heterocycles. The summed E-state index contributed by atoms with van der Waals surface area (Å²) in [4.78, 5) is 0. The van der Waals surface area contributed by atoms with Crippen LogP contribution < -0.4 is 10.5 Å². The first-order valence-corrected chi connectivity index (χ1v) is 7.02. The second kappa shape index (κ2) is 6.10. The van der Waals surface area contributed by atoms with Crippen molar-refractivity contribution in [2.24, 2.45) is 5.73 Å². The molecule has 0 unspecified atom stereocenters. The van der Waals surface area contributed by atoms with Gasteiger partial charge in [0.05, 0.1) is 0 Å². The van der Waals surface area contributed by atoms with E-state index >= 15 is 0 Å². The number of hydrogen-bond donors (Lipinski definition) is 1. The monoisotopic (exact) mass is 269 g/mol. The Labute approximate surface area is 121 Å². The van der Waals surface area contributed by atoms with Crippen LogP contribution in [0.4, 0.5) is 0 Å². The number of benzene rings is 2. The van der Waals surface area contributed by atoms with Crippen LogP contribution in [-0.2, 0) is 6.61 Å². The van der Waals surface area contributed by atoms with Crippen LogP contribution in [0.3, 0.4) is 0 Å². The van der Waals surface area contributed by atoms with Crippen LogP contribution in [0.5, 0.6) is 5.75 Å². The Hall–Kier alpha value is -1.80. The molecule has 0 spiro atoms. The predicted molar refractivity (Wildman–Crippen MR) is 84.0 cm³/mol. The van der Waals surface area contributed by atoms with Gasteiger partial charge < -0.3 is 10.5 Å². The quantitative estimate of drug-likeness (QED) is 0.902. The van der Waals surface area contributed by atoms with E-state index in [0.717, 1.165) is 11.3 Å². The number of hydrogen-bond acceptors (Lipinski definition) is 2. The van der Waals surface area contributed by atoms with Gasteiger partial charge in [-0.15, -0.1) is 0 Å². The van der Waals surface area contributed by atoms with Crippen LogP contribution >= 0.6 is 0 Å². The van der Waals surface area contributed by atoms with Gasteiger partial charge in [0.25, 0.3) is 0 Å². The molecule has 2 N–H and O–H groups in total. The van der Waals surface area contributed by atoms with E-state index in [4.69, 9.17) is 10.5 Å². The van der Waals surface area contributed by atoms with Gasteiger partial charge in [0.15, 0.2) is 0 Å². The van der Waals surface area contributed by atoms with Crippen LogP contribution in [0.15, 0.2) is 36.4 Å². The fourth-order valence-corrected chi connectivity index (χ4v) is 2.46. The van der Waals surface area contributed by atoms with E-state index in [2.05, 4.69) is 32.9 Å². The number of rotatable bonds is 4. The van der Waals surface area contributed by atoms with Crippen molar-refractivity contribution < 1.29 is 4.74 Å². The average Bonchev–Trinajstić information content (AvgIpc) is 2.38. The minimum absolute atomic E-state index is 0.0608. The molecule has 0 fully saturated rings. The molecule has 0 amide bonds. The number of aryl methyl sites for hydroxylation is 3. The molecule has 2 heteroatoms. The van der Waals surface area contributed by atoms with E-state index in [1.165, 1.54) is 22.3 Å². The lowest BCUT2D eigenvalue weighted by Gasteiger charge is -2.13. The first-order valence-electron chi connectivity index (χ1n) is 7.02. The molecular weight excluding hydrogens is 246 g/mol. The molecule has 2 nitrogen and oxygen atoms in total. The maximum absolute atomic E-state index is 5.89. The minimum Gasteiger partial charge on any atom is -0.489 e. The average molecular weight is 269 g/mol. The highest BCUT2D eigenvalue weighted by molar-refractivity contribution is 5.37. The Morgan fingerprint density at radius 1 is 1.00 bits per heavy atom. The van der Waals surface area contributed by atoms with Crippen molar-refractivity contribution >= 4 is 0 Å². The summed E-state index contributed by atoms with van der Waals surface area (Å²) in [7, 11) is 0. The van der Waals surface area contributed by atoms with Gasteiger partial charge in [-0.1, -0.05) is 29.8 Å². The van der Waals surface area contributed by atoms with E-state index < -0.39 is 0 Å². The van der Waals surface area contributed by atoms with Crippen LogP contribution in [-0.4, -0.2) is 0 Å². The topological polar surface area (TPSA) is 35.2 Å². The molecule has 0 saturated carbocycles. The van der Waals surface area contributed by atoms with E-state index in [9.17, 15) is 0 Å². The lowest BCUT2D eigenvalue weighted by Crippen LogP contribution is -2.05. The van der Waals surface area contributed by atoms with Crippen LogP contribution in [0, 0.1) is 20.8 Å². The SMILES string of the molecule is Cc1cc(C)c(COc2ccc([C@H](C)N)cc2)c(C)c1. The van der Waals surface area contributed by atoms with Crippen LogP contribution in [0.25, 0.3) is 0 Å². The van der Waals surface area contributed by atoms with E-state index in [0.29, 0.717) is 6.61 Å². The number of nitrogens with two attached hydrogens (primary N) is 1. The lowest BCUT2D eigenvalue weighted by molar-refractivity contribution is 0.304. The largest absolute Gasteiger partial charge is 0.489 e. The maximum atomic E-state index is 5.89. The van der Waals surface area contributed by atoms with Gasteiger partial charge >= 0.3 is 0 Å². The first-order chi connectivity index (χ1) is 9.47. The Morgan fingerprint density at radius 2 is 1.55 bits per heavy atom. The smallest absolute Gasteiger partial charge is 0.119 e. The van der Waals surface area contributed by atoms with Gasteiger partial charge in [-0.3, -0.25) is 0 Å². The zero-order chi connectivity index (χ0) is 14.7. The molecule has 20 heavy (non-hydrogen) atoms. The fraction of sp³-hybridized carbons (Fsp3) is 0.333. The Kier molecular flexibility index (Phi) is 4.46. The summed E-state index contributed by atoms with van der Waals surface area (Å²) in [5, 5.41) is 0. The standard InChI is InChI=1S/C18H23NO/c1-12-9-13(2)18(14(3)10-12)11-20-17-7-5-16(6-8-17)15(4)19/h5-10,15H,11,19H2,1-4H3/t15-/m0/s1. The molecule has 0 aliphatic rings. The summed E-state index contributed by atoms with van der Waals surface area (Å²) < 4.78 is 5.89. The lowest BCUT2D eigenvalue weighted by atomic mass is 10.0. The molecule has 0 radical (unpaired) electrons. The number of ether oxygens (including phenoxy) is 1. The molecule has 2 aromatic rings. The fourth-order valence-electron chi connectivity index (χ4n) is 2.46.